The van der Waals surface area contributed by atoms with E-state index in [9.17, 15) is 23.3 Å². The van der Waals surface area contributed by atoms with Gasteiger partial charge in [-0.25, -0.2) is 13.4 Å². The molecule has 1 amide bonds. The minimum absolute atomic E-state index is 0.0812. The first-order valence-corrected chi connectivity index (χ1v) is 10.5. The lowest BCUT2D eigenvalue weighted by atomic mass is 10.0. The van der Waals surface area contributed by atoms with Gasteiger partial charge in [0, 0.05) is 37.4 Å². The van der Waals surface area contributed by atoms with Crippen molar-refractivity contribution in [2.24, 2.45) is 0 Å². The normalized spacial score (nSPS) is 16.8. The van der Waals surface area contributed by atoms with E-state index in [1.54, 1.807) is 4.90 Å². The van der Waals surface area contributed by atoms with Crippen molar-refractivity contribution in [2.45, 2.75) is 30.8 Å². The highest BCUT2D eigenvalue weighted by molar-refractivity contribution is 7.90. The lowest BCUT2D eigenvalue weighted by Gasteiger charge is -2.25. The fraction of sp³-hybridized carbons (Fsp3) is 0.333. The van der Waals surface area contributed by atoms with E-state index in [4.69, 9.17) is 4.74 Å². The molecular weight excluding hydrogens is 386 g/mol. The van der Waals surface area contributed by atoms with Gasteiger partial charge in [-0.15, -0.1) is 0 Å². The molecule has 3 rings (SSSR count). The molecule has 0 N–H and O–H groups in total. The van der Waals surface area contributed by atoms with Crippen LogP contribution in [0.5, 0.6) is 11.5 Å². The number of hydrogen-bond donors (Lipinski definition) is 0. The summed E-state index contributed by atoms with van der Waals surface area (Å²) in [6, 6.07) is 6.69. The number of nitro benzene ring substituents is 1. The average Bonchev–Trinajstić information content (AvgIpc) is 3.11. The molecule has 1 aromatic carbocycles. The molecule has 0 saturated carbocycles. The van der Waals surface area contributed by atoms with Crippen LogP contribution in [0.1, 0.15) is 31.4 Å². The first kappa shape index (κ1) is 19.7. The number of ether oxygens (including phenoxy) is 1. The number of nitro groups is 1. The molecule has 0 bridgehead atoms. The van der Waals surface area contributed by atoms with E-state index in [-0.39, 0.29) is 28.4 Å². The Bertz CT molecular complexity index is 1020. The van der Waals surface area contributed by atoms with Crippen LogP contribution in [0.4, 0.5) is 5.69 Å². The Kier molecular flexibility index (Phi) is 5.32. The highest BCUT2D eigenvalue weighted by atomic mass is 32.2. The largest absolute Gasteiger partial charge is 0.455 e. The molecule has 1 saturated heterocycles. The standard InChI is InChI=1S/C18H19N3O6S/c1-12(22)20-9-3-4-16(20)15-10-13(21(23)24)5-7-17(15)27-14-6-8-18(19-11-14)28(2,25)26/h5-8,10-11,16H,3-4,9H2,1-2H3. The molecule has 10 heteroatoms. The van der Waals surface area contributed by atoms with E-state index >= 15 is 0 Å². The van der Waals surface area contributed by atoms with Gasteiger partial charge in [0.25, 0.3) is 5.69 Å². The number of rotatable bonds is 5. The topological polar surface area (TPSA) is 120 Å². The van der Waals surface area contributed by atoms with Crippen molar-refractivity contribution in [1.29, 1.82) is 0 Å². The summed E-state index contributed by atoms with van der Waals surface area (Å²) in [6.07, 6.45) is 3.79. The summed E-state index contributed by atoms with van der Waals surface area (Å²) in [5, 5.41) is 11.1. The van der Waals surface area contributed by atoms with Crippen molar-refractivity contribution in [1.82, 2.24) is 9.88 Å². The van der Waals surface area contributed by atoms with Crippen LogP contribution in [-0.4, -0.2) is 41.9 Å². The maximum absolute atomic E-state index is 11.9. The fourth-order valence-electron chi connectivity index (χ4n) is 3.24. The second kappa shape index (κ2) is 7.55. The van der Waals surface area contributed by atoms with Crippen LogP contribution in [0.3, 0.4) is 0 Å². The number of sulfone groups is 1. The molecular formula is C18H19N3O6S. The van der Waals surface area contributed by atoms with Crippen molar-refractivity contribution in [3.63, 3.8) is 0 Å². The van der Waals surface area contributed by atoms with Gasteiger partial charge in [0.1, 0.15) is 11.5 Å². The third-order valence-electron chi connectivity index (χ3n) is 4.54. The number of benzene rings is 1. The van der Waals surface area contributed by atoms with Gasteiger partial charge >= 0.3 is 0 Å². The predicted octanol–water partition coefficient (Wildman–Crippen LogP) is 2.87. The number of likely N-dealkylation sites (tertiary alicyclic amines) is 1. The van der Waals surface area contributed by atoms with E-state index in [1.165, 1.54) is 43.5 Å². The van der Waals surface area contributed by atoms with Gasteiger partial charge in [-0.05, 0) is 31.0 Å². The third-order valence-corrected chi connectivity index (χ3v) is 5.54. The second-order valence-corrected chi connectivity index (χ2v) is 8.52. The van der Waals surface area contributed by atoms with Crippen molar-refractivity contribution < 1.29 is 22.9 Å². The van der Waals surface area contributed by atoms with Crippen LogP contribution in [0.25, 0.3) is 0 Å². The van der Waals surface area contributed by atoms with Gasteiger partial charge in [-0.1, -0.05) is 0 Å². The Labute approximate surface area is 162 Å². The number of aromatic nitrogens is 1. The second-order valence-electron chi connectivity index (χ2n) is 6.56. The highest BCUT2D eigenvalue weighted by Gasteiger charge is 2.31. The maximum atomic E-state index is 11.9. The number of carbonyl (C=O) groups excluding carboxylic acids is 1. The fourth-order valence-corrected chi connectivity index (χ4v) is 3.80. The highest BCUT2D eigenvalue weighted by Crippen LogP contribution is 2.40. The average molecular weight is 405 g/mol. The molecule has 9 nitrogen and oxygen atoms in total. The Balaban J connectivity index is 1.98. The summed E-state index contributed by atoms with van der Waals surface area (Å²) < 4.78 is 28.9. The zero-order chi connectivity index (χ0) is 20.5. The van der Waals surface area contributed by atoms with Gasteiger partial charge in [-0.2, -0.15) is 0 Å². The summed E-state index contributed by atoms with van der Waals surface area (Å²) in [4.78, 5) is 28.2. The van der Waals surface area contributed by atoms with Crippen LogP contribution >= 0.6 is 0 Å². The Hall–Kier alpha value is -3.01. The van der Waals surface area contributed by atoms with E-state index in [0.717, 1.165) is 12.7 Å². The van der Waals surface area contributed by atoms with Gasteiger partial charge in [-0.3, -0.25) is 14.9 Å². The zero-order valence-electron chi connectivity index (χ0n) is 15.4. The molecule has 2 aromatic rings. The molecule has 1 aliphatic heterocycles. The smallest absolute Gasteiger partial charge is 0.270 e. The Morgan fingerprint density at radius 3 is 2.64 bits per heavy atom. The quantitative estimate of drug-likeness (QED) is 0.554. The molecule has 28 heavy (non-hydrogen) atoms. The van der Waals surface area contributed by atoms with E-state index in [0.29, 0.717) is 24.3 Å². The van der Waals surface area contributed by atoms with Gasteiger partial charge in [0.15, 0.2) is 14.9 Å². The molecule has 2 heterocycles. The van der Waals surface area contributed by atoms with Gasteiger partial charge in [0.05, 0.1) is 17.2 Å². The van der Waals surface area contributed by atoms with E-state index in [2.05, 4.69) is 4.98 Å². The van der Waals surface area contributed by atoms with Crippen LogP contribution in [-0.2, 0) is 14.6 Å². The lowest BCUT2D eigenvalue weighted by Crippen LogP contribution is -2.28. The number of amides is 1. The van der Waals surface area contributed by atoms with Crippen LogP contribution in [0, 0.1) is 10.1 Å². The van der Waals surface area contributed by atoms with Crippen LogP contribution in [0.15, 0.2) is 41.6 Å². The monoisotopic (exact) mass is 405 g/mol. The minimum Gasteiger partial charge on any atom is -0.455 e. The first-order chi connectivity index (χ1) is 13.2. The summed E-state index contributed by atoms with van der Waals surface area (Å²) in [5.74, 6) is 0.534. The van der Waals surface area contributed by atoms with Gasteiger partial charge in [0.2, 0.25) is 5.91 Å². The summed E-state index contributed by atoms with van der Waals surface area (Å²) in [7, 11) is -3.43. The molecule has 1 fully saturated rings. The lowest BCUT2D eigenvalue weighted by molar-refractivity contribution is -0.385. The van der Waals surface area contributed by atoms with Crippen LogP contribution in [0.2, 0.25) is 0 Å². The molecule has 0 spiro atoms. The summed E-state index contributed by atoms with van der Waals surface area (Å²) in [5.41, 5.74) is 0.442. The summed E-state index contributed by atoms with van der Waals surface area (Å²) >= 11 is 0. The summed E-state index contributed by atoms with van der Waals surface area (Å²) in [6.45, 7) is 2.04. The maximum Gasteiger partial charge on any atom is 0.270 e. The van der Waals surface area contributed by atoms with Crippen molar-refractivity contribution in [3.8, 4) is 11.5 Å². The van der Waals surface area contributed by atoms with Crippen molar-refractivity contribution in [2.75, 3.05) is 12.8 Å². The van der Waals surface area contributed by atoms with Crippen molar-refractivity contribution >= 4 is 21.4 Å². The van der Waals surface area contributed by atoms with Crippen molar-refractivity contribution in [3.05, 3.63) is 52.2 Å². The molecule has 148 valence electrons. The number of pyridine rings is 1. The molecule has 0 radical (unpaired) electrons. The molecule has 1 aliphatic rings. The number of non-ortho nitro benzene ring substituents is 1. The Morgan fingerprint density at radius 1 is 1.32 bits per heavy atom. The van der Waals surface area contributed by atoms with E-state index < -0.39 is 14.8 Å². The molecule has 1 atom stereocenters. The van der Waals surface area contributed by atoms with Gasteiger partial charge < -0.3 is 9.64 Å². The minimum atomic E-state index is -3.43. The Morgan fingerprint density at radius 2 is 2.07 bits per heavy atom. The first-order valence-electron chi connectivity index (χ1n) is 8.56. The SMILES string of the molecule is CC(=O)N1CCCC1c1cc([N+](=O)[O-])ccc1Oc1ccc(S(C)(=O)=O)nc1. The number of carbonyl (C=O) groups is 1. The molecule has 1 aromatic heterocycles. The van der Waals surface area contributed by atoms with Crippen LogP contribution < -0.4 is 4.74 Å². The third kappa shape index (κ3) is 4.11. The van der Waals surface area contributed by atoms with E-state index in [1.807, 2.05) is 0 Å². The molecule has 0 aliphatic carbocycles. The zero-order valence-corrected chi connectivity index (χ0v) is 16.2. The predicted molar refractivity (Wildman–Crippen MR) is 99.9 cm³/mol. The number of nitrogens with zero attached hydrogens (tertiary/aromatic N) is 3. The molecule has 1 unspecified atom stereocenters. The number of hydrogen-bond acceptors (Lipinski definition) is 7.